The fourth-order valence-corrected chi connectivity index (χ4v) is 1.96. The van der Waals surface area contributed by atoms with Crippen molar-refractivity contribution < 1.29 is 18.3 Å². The maximum Gasteiger partial charge on any atom is 0.417 e. The number of alkyl halides is 3. The SMILES string of the molecule is CC(O)c1c(Cl)ccc(C(F)(F)F)c1Cl. The molecule has 84 valence electrons. The third-order valence-corrected chi connectivity index (χ3v) is 2.59. The highest BCUT2D eigenvalue weighted by atomic mass is 35.5. The number of aliphatic hydroxyl groups is 1. The van der Waals surface area contributed by atoms with Gasteiger partial charge >= 0.3 is 6.18 Å². The summed E-state index contributed by atoms with van der Waals surface area (Å²) in [6, 6.07) is 1.86. The molecule has 0 fully saturated rings. The van der Waals surface area contributed by atoms with E-state index < -0.39 is 22.9 Å². The minimum absolute atomic E-state index is 0.0167. The lowest BCUT2D eigenvalue weighted by Gasteiger charge is -2.15. The predicted octanol–water partition coefficient (Wildman–Crippen LogP) is 4.07. The van der Waals surface area contributed by atoms with E-state index in [-0.39, 0.29) is 10.6 Å². The van der Waals surface area contributed by atoms with Crippen LogP contribution in [0.1, 0.15) is 24.2 Å². The first-order valence-electron chi connectivity index (χ1n) is 3.98. The molecule has 1 atom stereocenters. The third kappa shape index (κ3) is 2.56. The maximum absolute atomic E-state index is 12.4. The summed E-state index contributed by atoms with van der Waals surface area (Å²) in [7, 11) is 0. The van der Waals surface area contributed by atoms with E-state index in [2.05, 4.69) is 0 Å². The lowest BCUT2D eigenvalue weighted by atomic mass is 10.1. The highest BCUT2D eigenvalue weighted by molar-refractivity contribution is 6.36. The van der Waals surface area contributed by atoms with Crippen molar-refractivity contribution in [3.05, 3.63) is 33.3 Å². The number of hydrogen-bond donors (Lipinski definition) is 1. The van der Waals surface area contributed by atoms with Gasteiger partial charge in [0.1, 0.15) is 0 Å². The Labute approximate surface area is 94.4 Å². The molecule has 0 aliphatic carbocycles. The van der Waals surface area contributed by atoms with Crippen LogP contribution in [-0.2, 0) is 6.18 Å². The van der Waals surface area contributed by atoms with E-state index in [1.807, 2.05) is 0 Å². The highest BCUT2D eigenvalue weighted by Gasteiger charge is 2.35. The van der Waals surface area contributed by atoms with Crippen LogP contribution in [-0.4, -0.2) is 5.11 Å². The number of rotatable bonds is 1. The summed E-state index contributed by atoms with van der Waals surface area (Å²) in [5, 5.41) is 8.71. The van der Waals surface area contributed by atoms with Crippen molar-refractivity contribution >= 4 is 23.2 Å². The molecule has 6 heteroatoms. The van der Waals surface area contributed by atoms with Crippen LogP contribution in [0.5, 0.6) is 0 Å². The molecule has 0 spiro atoms. The minimum atomic E-state index is -4.55. The standard InChI is InChI=1S/C9H7Cl2F3O/c1-4(15)7-6(10)3-2-5(8(7)11)9(12,13)14/h2-4,15H,1H3. The monoisotopic (exact) mass is 258 g/mol. The Morgan fingerprint density at radius 2 is 1.80 bits per heavy atom. The van der Waals surface area contributed by atoms with Gasteiger partial charge in [0.25, 0.3) is 0 Å². The first-order valence-corrected chi connectivity index (χ1v) is 4.74. The van der Waals surface area contributed by atoms with Crippen molar-refractivity contribution in [2.24, 2.45) is 0 Å². The number of hydrogen-bond acceptors (Lipinski definition) is 1. The summed E-state index contributed by atoms with van der Waals surface area (Å²) in [5.74, 6) is 0. The van der Waals surface area contributed by atoms with Crippen molar-refractivity contribution in [3.63, 3.8) is 0 Å². The van der Waals surface area contributed by atoms with E-state index in [0.29, 0.717) is 0 Å². The van der Waals surface area contributed by atoms with Crippen LogP contribution in [0.15, 0.2) is 12.1 Å². The van der Waals surface area contributed by atoms with Gasteiger partial charge in [-0.1, -0.05) is 23.2 Å². The Morgan fingerprint density at radius 1 is 1.27 bits per heavy atom. The zero-order chi connectivity index (χ0) is 11.8. The lowest BCUT2D eigenvalue weighted by molar-refractivity contribution is -0.137. The van der Waals surface area contributed by atoms with Gasteiger partial charge in [-0.3, -0.25) is 0 Å². The van der Waals surface area contributed by atoms with E-state index in [4.69, 9.17) is 23.2 Å². The molecule has 1 nitrogen and oxygen atoms in total. The van der Waals surface area contributed by atoms with Crippen molar-refractivity contribution in [2.75, 3.05) is 0 Å². The Morgan fingerprint density at radius 3 is 2.20 bits per heavy atom. The molecule has 1 aromatic carbocycles. The second-order valence-corrected chi connectivity index (χ2v) is 3.78. The normalized spacial score (nSPS) is 14.1. The molecule has 0 saturated carbocycles. The summed E-state index contributed by atoms with van der Waals surface area (Å²) in [6.07, 6.45) is -5.70. The molecule has 0 amide bonds. The first kappa shape index (κ1) is 12.6. The molecule has 0 aromatic heterocycles. The summed E-state index contributed by atoms with van der Waals surface area (Å²) in [6.45, 7) is 1.30. The average Bonchev–Trinajstić information content (AvgIpc) is 2.00. The fourth-order valence-electron chi connectivity index (χ4n) is 1.17. The van der Waals surface area contributed by atoms with Crippen LogP contribution < -0.4 is 0 Å². The van der Waals surface area contributed by atoms with Crippen LogP contribution in [0, 0.1) is 0 Å². The molecule has 1 N–H and O–H groups in total. The molecule has 0 saturated heterocycles. The predicted molar refractivity (Wildman–Crippen MR) is 52.1 cm³/mol. The molecule has 0 aliphatic heterocycles. The third-order valence-electron chi connectivity index (χ3n) is 1.85. The van der Waals surface area contributed by atoms with E-state index in [9.17, 15) is 18.3 Å². The topological polar surface area (TPSA) is 20.2 Å². The van der Waals surface area contributed by atoms with Crippen molar-refractivity contribution in [3.8, 4) is 0 Å². The van der Waals surface area contributed by atoms with Crippen LogP contribution in [0.2, 0.25) is 10.0 Å². The largest absolute Gasteiger partial charge is 0.417 e. The van der Waals surface area contributed by atoms with E-state index in [1.165, 1.54) is 6.92 Å². The van der Waals surface area contributed by atoms with Gasteiger partial charge in [-0.25, -0.2) is 0 Å². The van der Waals surface area contributed by atoms with Gasteiger partial charge in [0.2, 0.25) is 0 Å². The Bertz CT molecular complexity index is 374. The Balaban J connectivity index is 3.42. The van der Waals surface area contributed by atoms with Crippen LogP contribution in [0.25, 0.3) is 0 Å². The first-order chi connectivity index (χ1) is 6.75. The second kappa shape index (κ2) is 4.20. The Hall–Kier alpha value is -0.450. The molecular formula is C9H7Cl2F3O. The summed E-state index contributed by atoms with van der Waals surface area (Å²) in [4.78, 5) is 0. The molecule has 15 heavy (non-hydrogen) atoms. The lowest BCUT2D eigenvalue weighted by Crippen LogP contribution is -2.08. The summed E-state index contributed by atoms with van der Waals surface area (Å²) >= 11 is 11.2. The van der Waals surface area contributed by atoms with Crippen molar-refractivity contribution in [1.29, 1.82) is 0 Å². The molecule has 0 aliphatic rings. The highest BCUT2D eigenvalue weighted by Crippen LogP contribution is 2.40. The van der Waals surface area contributed by atoms with Crippen LogP contribution in [0.4, 0.5) is 13.2 Å². The average molecular weight is 259 g/mol. The van der Waals surface area contributed by atoms with Crippen LogP contribution >= 0.6 is 23.2 Å². The van der Waals surface area contributed by atoms with Gasteiger partial charge < -0.3 is 5.11 Å². The van der Waals surface area contributed by atoms with Crippen molar-refractivity contribution in [2.45, 2.75) is 19.2 Å². The molecule has 0 radical (unpaired) electrons. The number of halogens is 5. The van der Waals surface area contributed by atoms with Crippen LogP contribution in [0.3, 0.4) is 0 Å². The number of aliphatic hydroxyl groups excluding tert-OH is 1. The van der Waals surface area contributed by atoms with E-state index >= 15 is 0 Å². The van der Waals surface area contributed by atoms with Gasteiger partial charge in [0.05, 0.1) is 16.7 Å². The summed E-state index contributed by atoms with van der Waals surface area (Å²) in [5.41, 5.74) is -1.10. The molecular weight excluding hydrogens is 252 g/mol. The maximum atomic E-state index is 12.4. The zero-order valence-electron chi connectivity index (χ0n) is 7.57. The smallest absolute Gasteiger partial charge is 0.389 e. The molecule has 1 rings (SSSR count). The number of benzene rings is 1. The van der Waals surface area contributed by atoms with Crippen molar-refractivity contribution in [1.82, 2.24) is 0 Å². The van der Waals surface area contributed by atoms with E-state index in [0.717, 1.165) is 12.1 Å². The summed E-state index contributed by atoms with van der Waals surface area (Å²) < 4.78 is 37.2. The fraction of sp³-hybridized carbons (Fsp3) is 0.333. The molecule has 0 bridgehead atoms. The van der Waals surface area contributed by atoms with Gasteiger partial charge in [0.15, 0.2) is 0 Å². The Kier molecular flexibility index (Phi) is 3.53. The second-order valence-electron chi connectivity index (χ2n) is 3.00. The van der Waals surface area contributed by atoms with Gasteiger partial charge in [0, 0.05) is 10.6 Å². The molecule has 1 aromatic rings. The van der Waals surface area contributed by atoms with E-state index in [1.54, 1.807) is 0 Å². The van der Waals surface area contributed by atoms with Gasteiger partial charge in [-0.2, -0.15) is 13.2 Å². The quantitative estimate of drug-likeness (QED) is 0.806. The molecule has 0 heterocycles. The zero-order valence-corrected chi connectivity index (χ0v) is 9.08. The van der Waals surface area contributed by atoms with Gasteiger partial charge in [-0.05, 0) is 19.1 Å². The van der Waals surface area contributed by atoms with Gasteiger partial charge in [-0.15, -0.1) is 0 Å². The minimum Gasteiger partial charge on any atom is -0.389 e. The molecule has 1 unspecified atom stereocenters.